The Balaban J connectivity index is 1.42. The number of amidine groups is 1. The highest BCUT2D eigenvalue weighted by molar-refractivity contribution is 8.15. The molecule has 0 saturated heterocycles. The van der Waals surface area contributed by atoms with Gasteiger partial charge in [-0.2, -0.15) is 4.99 Å². The van der Waals surface area contributed by atoms with Crippen LogP contribution in [0.4, 0.5) is 11.4 Å². The van der Waals surface area contributed by atoms with E-state index < -0.39 is 5.25 Å². The summed E-state index contributed by atoms with van der Waals surface area (Å²) in [6, 6.07) is 15.9. The molecule has 27 heavy (non-hydrogen) atoms. The van der Waals surface area contributed by atoms with Crippen LogP contribution in [-0.4, -0.2) is 28.8 Å². The molecule has 0 radical (unpaired) electrons. The number of benzene rings is 2. The number of thioether (sulfide) groups is 1. The number of carbonyl (C=O) groups excluding carboxylic acids is 2. The van der Waals surface area contributed by atoms with E-state index in [2.05, 4.69) is 16.4 Å². The molecule has 138 valence electrons. The molecule has 0 aliphatic carbocycles. The Hall–Kier alpha value is -2.60. The van der Waals surface area contributed by atoms with Crippen LogP contribution in [-0.2, 0) is 16.0 Å². The Labute approximate surface area is 162 Å². The zero-order valence-electron chi connectivity index (χ0n) is 15.1. The fourth-order valence-electron chi connectivity index (χ4n) is 3.46. The van der Waals surface area contributed by atoms with Gasteiger partial charge in [0, 0.05) is 24.3 Å². The number of hydrogen-bond acceptors (Lipinski definition) is 4. The van der Waals surface area contributed by atoms with E-state index in [-0.39, 0.29) is 18.2 Å². The summed E-state index contributed by atoms with van der Waals surface area (Å²) in [4.78, 5) is 31.1. The minimum absolute atomic E-state index is 0.0136. The predicted molar refractivity (Wildman–Crippen MR) is 110 cm³/mol. The second-order valence-electron chi connectivity index (χ2n) is 6.78. The van der Waals surface area contributed by atoms with Crippen molar-refractivity contribution in [3.8, 4) is 0 Å². The highest BCUT2D eigenvalue weighted by atomic mass is 32.2. The molecule has 0 aromatic heterocycles. The Morgan fingerprint density at radius 1 is 1.22 bits per heavy atom. The van der Waals surface area contributed by atoms with Crippen molar-refractivity contribution in [2.75, 3.05) is 16.8 Å². The number of nitrogens with zero attached hydrogens (tertiary/aromatic N) is 2. The molecule has 2 aliphatic rings. The third-order valence-corrected chi connectivity index (χ3v) is 5.97. The van der Waals surface area contributed by atoms with Crippen molar-refractivity contribution >= 4 is 40.1 Å². The van der Waals surface area contributed by atoms with Gasteiger partial charge in [-0.15, -0.1) is 0 Å². The Bertz CT molecular complexity index is 925. The van der Waals surface area contributed by atoms with Crippen LogP contribution in [0.2, 0.25) is 0 Å². The molecule has 2 aliphatic heterocycles. The van der Waals surface area contributed by atoms with E-state index in [1.54, 1.807) is 0 Å². The van der Waals surface area contributed by atoms with Crippen molar-refractivity contribution in [1.29, 1.82) is 0 Å². The lowest BCUT2D eigenvalue weighted by atomic mass is 10.0. The van der Waals surface area contributed by atoms with Gasteiger partial charge in [-0.25, -0.2) is 0 Å². The average Bonchev–Trinajstić information content (AvgIpc) is 3.02. The van der Waals surface area contributed by atoms with Crippen LogP contribution in [0.3, 0.4) is 0 Å². The van der Waals surface area contributed by atoms with E-state index in [0.717, 1.165) is 29.8 Å². The van der Waals surface area contributed by atoms with Gasteiger partial charge in [0.15, 0.2) is 5.17 Å². The Morgan fingerprint density at radius 3 is 2.85 bits per heavy atom. The minimum atomic E-state index is -0.460. The number of amides is 2. The topological polar surface area (TPSA) is 61.8 Å². The summed E-state index contributed by atoms with van der Waals surface area (Å²) in [6.45, 7) is 2.70. The van der Waals surface area contributed by atoms with Gasteiger partial charge in [0.1, 0.15) is 5.25 Å². The van der Waals surface area contributed by atoms with Crippen molar-refractivity contribution in [3.63, 3.8) is 0 Å². The molecular weight excluding hydrogens is 358 g/mol. The maximum atomic E-state index is 12.9. The number of carbonyl (C=O) groups is 2. The number of hydrogen-bond donors (Lipinski definition) is 1. The third kappa shape index (κ3) is 3.76. The van der Waals surface area contributed by atoms with Crippen molar-refractivity contribution in [3.05, 3.63) is 59.7 Å². The molecule has 1 unspecified atom stereocenters. The van der Waals surface area contributed by atoms with Crippen LogP contribution in [0, 0.1) is 6.92 Å². The zero-order valence-corrected chi connectivity index (χ0v) is 16.0. The fraction of sp³-hybridized carbons (Fsp3) is 0.286. The Kier molecular flexibility index (Phi) is 4.99. The molecule has 1 atom stereocenters. The number of aryl methyl sites for hydroxylation is 2. The zero-order chi connectivity index (χ0) is 18.8. The molecule has 2 amide bonds. The molecule has 0 fully saturated rings. The number of anilines is 2. The molecule has 2 heterocycles. The number of para-hydroxylation sites is 2. The number of aliphatic imine (C=N–C) groups is 1. The largest absolute Gasteiger partial charge is 0.334 e. The molecule has 4 rings (SSSR count). The molecule has 1 N–H and O–H groups in total. The minimum Gasteiger partial charge on any atom is -0.334 e. The van der Waals surface area contributed by atoms with Crippen molar-refractivity contribution < 1.29 is 9.59 Å². The van der Waals surface area contributed by atoms with Crippen LogP contribution in [0.25, 0.3) is 0 Å². The van der Waals surface area contributed by atoms with Crippen LogP contribution < -0.4 is 10.2 Å². The summed E-state index contributed by atoms with van der Waals surface area (Å²) in [5, 5.41) is 3.31. The van der Waals surface area contributed by atoms with Gasteiger partial charge in [0.05, 0.1) is 0 Å². The Morgan fingerprint density at radius 2 is 2.00 bits per heavy atom. The number of fused-ring (bicyclic) bond motifs is 1. The van der Waals surface area contributed by atoms with Crippen molar-refractivity contribution in [1.82, 2.24) is 0 Å². The molecule has 6 heteroatoms. The summed E-state index contributed by atoms with van der Waals surface area (Å²) in [7, 11) is 0. The first kappa shape index (κ1) is 17.8. The maximum absolute atomic E-state index is 12.9. The smallest absolute Gasteiger partial charge is 0.262 e. The summed E-state index contributed by atoms with van der Waals surface area (Å²) < 4.78 is 0. The van der Waals surface area contributed by atoms with Gasteiger partial charge < -0.3 is 10.2 Å². The highest BCUT2D eigenvalue weighted by Crippen LogP contribution is 2.31. The SMILES string of the molecule is Cc1ccccc1NC1=NC(=O)C(CC(=O)N2CCCc3ccccc32)S1. The molecule has 2 aromatic carbocycles. The molecule has 0 saturated carbocycles. The van der Waals surface area contributed by atoms with E-state index in [9.17, 15) is 9.59 Å². The van der Waals surface area contributed by atoms with E-state index >= 15 is 0 Å². The lowest BCUT2D eigenvalue weighted by Gasteiger charge is -2.30. The first-order chi connectivity index (χ1) is 13.1. The van der Waals surface area contributed by atoms with Gasteiger partial charge >= 0.3 is 0 Å². The number of nitrogens with one attached hydrogen (secondary N) is 1. The second-order valence-corrected chi connectivity index (χ2v) is 7.97. The average molecular weight is 379 g/mol. The third-order valence-electron chi connectivity index (χ3n) is 4.90. The normalized spacial score (nSPS) is 18.9. The monoisotopic (exact) mass is 379 g/mol. The highest BCUT2D eigenvalue weighted by Gasteiger charge is 2.33. The lowest BCUT2D eigenvalue weighted by molar-refractivity contribution is -0.122. The van der Waals surface area contributed by atoms with Crippen molar-refractivity contribution in [2.45, 2.75) is 31.4 Å². The van der Waals surface area contributed by atoms with E-state index in [1.807, 2.05) is 54.3 Å². The van der Waals surface area contributed by atoms with Gasteiger partial charge in [0.25, 0.3) is 5.91 Å². The maximum Gasteiger partial charge on any atom is 0.262 e. The van der Waals surface area contributed by atoms with Crippen LogP contribution in [0.1, 0.15) is 24.0 Å². The van der Waals surface area contributed by atoms with Gasteiger partial charge in [-0.3, -0.25) is 9.59 Å². The van der Waals surface area contributed by atoms with Gasteiger partial charge in [-0.1, -0.05) is 48.2 Å². The summed E-state index contributed by atoms with van der Waals surface area (Å²) >= 11 is 1.34. The number of rotatable bonds is 3. The lowest BCUT2D eigenvalue weighted by Crippen LogP contribution is -2.37. The molecule has 2 aromatic rings. The first-order valence-corrected chi connectivity index (χ1v) is 10.00. The van der Waals surface area contributed by atoms with Crippen LogP contribution in [0.15, 0.2) is 53.5 Å². The van der Waals surface area contributed by atoms with E-state index in [0.29, 0.717) is 11.7 Å². The quantitative estimate of drug-likeness (QED) is 0.882. The fourth-order valence-corrected chi connectivity index (χ4v) is 4.42. The van der Waals surface area contributed by atoms with Crippen LogP contribution in [0.5, 0.6) is 0 Å². The van der Waals surface area contributed by atoms with Crippen molar-refractivity contribution in [2.24, 2.45) is 4.99 Å². The molecule has 5 nitrogen and oxygen atoms in total. The van der Waals surface area contributed by atoms with E-state index in [4.69, 9.17) is 0 Å². The van der Waals surface area contributed by atoms with Gasteiger partial charge in [0.2, 0.25) is 5.91 Å². The van der Waals surface area contributed by atoms with Crippen LogP contribution >= 0.6 is 11.8 Å². The standard InChI is InChI=1S/C21H21N3O2S/c1-14-7-2-4-10-16(14)22-21-23-20(26)18(27-21)13-19(25)24-12-6-9-15-8-3-5-11-17(15)24/h2-5,7-8,10-11,18H,6,9,12-13H2,1H3,(H,22,23,26). The predicted octanol–water partition coefficient (Wildman–Crippen LogP) is 3.77. The molecular formula is C21H21N3O2S. The summed E-state index contributed by atoms with van der Waals surface area (Å²) in [6.07, 6.45) is 2.11. The second kappa shape index (κ2) is 7.56. The molecule has 0 bridgehead atoms. The summed E-state index contributed by atoms with van der Waals surface area (Å²) in [5.74, 6) is -0.255. The molecule has 0 spiro atoms. The van der Waals surface area contributed by atoms with E-state index in [1.165, 1.54) is 17.3 Å². The first-order valence-electron chi connectivity index (χ1n) is 9.12. The summed E-state index contributed by atoms with van der Waals surface area (Å²) in [5.41, 5.74) is 4.18. The van der Waals surface area contributed by atoms with Gasteiger partial charge in [-0.05, 0) is 43.0 Å².